The van der Waals surface area contributed by atoms with Gasteiger partial charge in [-0.25, -0.2) is 0 Å². The van der Waals surface area contributed by atoms with E-state index in [1.54, 1.807) is 7.05 Å². The summed E-state index contributed by atoms with van der Waals surface area (Å²) in [6, 6.07) is 7.69. The van der Waals surface area contributed by atoms with Gasteiger partial charge in [-0.2, -0.15) is 0 Å². The van der Waals surface area contributed by atoms with E-state index >= 15 is 0 Å². The molecule has 26 heavy (non-hydrogen) atoms. The van der Waals surface area contributed by atoms with Gasteiger partial charge in [0.1, 0.15) is 0 Å². The molecule has 0 aliphatic heterocycles. The number of hydrogen-bond acceptors (Lipinski definition) is 3. The van der Waals surface area contributed by atoms with E-state index in [4.69, 9.17) is 4.74 Å². The lowest BCUT2D eigenvalue weighted by Gasteiger charge is -2.12. The molecular formula is C20H34N4O2. The molecular weight excluding hydrogens is 328 g/mol. The van der Waals surface area contributed by atoms with Gasteiger partial charge in [0.15, 0.2) is 5.96 Å². The van der Waals surface area contributed by atoms with Gasteiger partial charge in [0, 0.05) is 45.5 Å². The monoisotopic (exact) mass is 362 g/mol. The van der Waals surface area contributed by atoms with Gasteiger partial charge in [-0.3, -0.25) is 9.79 Å². The highest BCUT2D eigenvalue weighted by molar-refractivity contribution is 5.94. The van der Waals surface area contributed by atoms with Crippen molar-refractivity contribution in [1.29, 1.82) is 0 Å². The molecule has 0 saturated carbocycles. The molecule has 0 heterocycles. The number of guanidine groups is 1. The van der Waals surface area contributed by atoms with Crippen LogP contribution in [-0.4, -0.2) is 51.8 Å². The quantitative estimate of drug-likeness (QED) is 0.320. The van der Waals surface area contributed by atoms with Crippen LogP contribution in [0.3, 0.4) is 0 Å². The van der Waals surface area contributed by atoms with Crippen molar-refractivity contribution in [1.82, 2.24) is 16.0 Å². The first kappa shape index (κ1) is 22.0. The maximum absolute atomic E-state index is 11.7. The fraction of sp³-hybridized carbons (Fsp3) is 0.600. The highest BCUT2D eigenvalue weighted by Gasteiger charge is 2.04. The van der Waals surface area contributed by atoms with Crippen LogP contribution in [0.25, 0.3) is 0 Å². The van der Waals surface area contributed by atoms with Crippen molar-refractivity contribution in [3.63, 3.8) is 0 Å². The van der Waals surface area contributed by atoms with Crippen molar-refractivity contribution < 1.29 is 9.53 Å². The minimum atomic E-state index is -0.0607. The predicted octanol–water partition coefficient (Wildman–Crippen LogP) is 2.21. The second-order valence-corrected chi connectivity index (χ2v) is 6.54. The molecule has 1 aromatic carbocycles. The Morgan fingerprint density at radius 1 is 1.27 bits per heavy atom. The lowest BCUT2D eigenvalue weighted by atomic mass is 10.1. The van der Waals surface area contributed by atoms with Crippen LogP contribution in [0.1, 0.15) is 43.1 Å². The highest BCUT2D eigenvalue weighted by Crippen LogP contribution is 2.05. The molecule has 0 radical (unpaired) electrons. The number of carbonyl (C=O) groups excluding carboxylic acids is 1. The molecule has 0 fully saturated rings. The number of amides is 1. The standard InChI is InChI=1S/C20H34N4O2/c1-5-22-20(23-11-7-13-26-15-16(2)3)24-12-10-17-8-6-9-18(14-17)19(25)21-4/h6,8-9,14,16H,5,7,10-13,15H2,1-4H3,(H,21,25)(H2,22,23,24). The number of aliphatic imine (C=N–C) groups is 1. The van der Waals surface area contributed by atoms with Gasteiger partial charge in [0.2, 0.25) is 0 Å². The van der Waals surface area contributed by atoms with Gasteiger partial charge in [0.25, 0.3) is 5.91 Å². The Balaban J connectivity index is 2.38. The van der Waals surface area contributed by atoms with E-state index < -0.39 is 0 Å². The number of hydrogen-bond donors (Lipinski definition) is 3. The maximum atomic E-state index is 11.7. The number of carbonyl (C=O) groups is 1. The largest absolute Gasteiger partial charge is 0.381 e. The summed E-state index contributed by atoms with van der Waals surface area (Å²) in [6.45, 7) is 10.2. The van der Waals surface area contributed by atoms with Crippen molar-refractivity contribution >= 4 is 11.9 Å². The number of ether oxygens (including phenoxy) is 1. The molecule has 0 saturated heterocycles. The highest BCUT2D eigenvalue weighted by atomic mass is 16.5. The van der Waals surface area contributed by atoms with E-state index in [1.165, 1.54) is 0 Å². The van der Waals surface area contributed by atoms with E-state index in [0.717, 1.165) is 57.2 Å². The Hall–Kier alpha value is -2.08. The zero-order valence-electron chi connectivity index (χ0n) is 16.6. The lowest BCUT2D eigenvalue weighted by Crippen LogP contribution is -2.38. The normalized spacial score (nSPS) is 11.5. The molecule has 3 N–H and O–H groups in total. The summed E-state index contributed by atoms with van der Waals surface area (Å²) in [5.41, 5.74) is 1.81. The van der Waals surface area contributed by atoms with Gasteiger partial charge in [-0.1, -0.05) is 26.0 Å². The molecule has 0 aliphatic carbocycles. The van der Waals surface area contributed by atoms with Crippen molar-refractivity contribution in [2.45, 2.75) is 33.6 Å². The fourth-order valence-electron chi connectivity index (χ4n) is 2.36. The molecule has 0 aromatic heterocycles. The summed E-state index contributed by atoms with van der Waals surface area (Å²) in [5.74, 6) is 1.33. The Kier molecular flexibility index (Phi) is 11.1. The van der Waals surface area contributed by atoms with Crippen molar-refractivity contribution in [2.24, 2.45) is 10.9 Å². The number of nitrogens with one attached hydrogen (secondary N) is 3. The number of rotatable bonds is 11. The summed E-state index contributed by atoms with van der Waals surface area (Å²) >= 11 is 0. The summed E-state index contributed by atoms with van der Waals surface area (Å²) in [5, 5.41) is 9.24. The van der Waals surface area contributed by atoms with Gasteiger partial charge >= 0.3 is 0 Å². The molecule has 1 amide bonds. The molecule has 0 aliphatic rings. The Morgan fingerprint density at radius 3 is 2.77 bits per heavy atom. The van der Waals surface area contributed by atoms with Crippen LogP contribution in [0, 0.1) is 5.92 Å². The molecule has 1 aromatic rings. The molecule has 6 nitrogen and oxygen atoms in total. The summed E-state index contributed by atoms with van der Waals surface area (Å²) < 4.78 is 5.57. The smallest absolute Gasteiger partial charge is 0.251 e. The second kappa shape index (κ2) is 13.2. The Morgan fingerprint density at radius 2 is 2.08 bits per heavy atom. The van der Waals surface area contributed by atoms with Crippen LogP contribution in [-0.2, 0) is 11.2 Å². The first-order valence-corrected chi connectivity index (χ1v) is 9.47. The van der Waals surface area contributed by atoms with E-state index in [0.29, 0.717) is 11.5 Å². The van der Waals surface area contributed by atoms with Crippen molar-refractivity contribution in [2.75, 3.05) is 39.9 Å². The first-order valence-electron chi connectivity index (χ1n) is 9.47. The molecule has 6 heteroatoms. The third kappa shape index (κ3) is 9.42. The van der Waals surface area contributed by atoms with Gasteiger partial charge in [-0.05, 0) is 43.4 Å². The zero-order chi connectivity index (χ0) is 19.2. The predicted molar refractivity (Wildman–Crippen MR) is 108 cm³/mol. The molecule has 0 unspecified atom stereocenters. The van der Waals surface area contributed by atoms with Crippen LogP contribution >= 0.6 is 0 Å². The van der Waals surface area contributed by atoms with Crippen molar-refractivity contribution in [3.8, 4) is 0 Å². The summed E-state index contributed by atoms with van der Waals surface area (Å²) in [6.07, 6.45) is 1.74. The number of benzene rings is 1. The van der Waals surface area contributed by atoms with E-state index in [9.17, 15) is 4.79 Å². The van der Waals surface area contributed by atoms with Crippen LogP contribution in [0.2, 0.25) is 0 Å². The Bertz CT molecular complexity index is 558. The maximum Gasteiger partial charge on any atom is 0.251 e. The molecule has 0 spiro atoms. The molecule has 146 valence electrons. The van der Waals surface area contributed by atoms with Crippen LogP contribution < -0.4 is 16.0 Å². The molecule has 1 rings (SSSR count). The van der Waals surface area contributed by atoms with Gasteiger partial charge < -0.3 is 20.7 Å². The topological polar surface area (TPSA) is 74.8 Å². The average Bonchev–Trinajstić information content (AvgIpc) is 2.63. The van der Waals surface area contributed by atoms with Gasteiger partial charge in [-0.15, -0.1) is 0 Å². The summed E-state index contributed by atoms with van der Waals surface area (Å²) in [4.78, 5) is 16.3. The van der Waals surface area contributed by atoms with Crippen LogP contribution in [0.4, 0.5) is 0 Å². The SMILES string of the molecule is CCNC(=NCCCOCC(C)C)NCCc1cccc(C(=O)NC)c1. The van der Waals surface area contributed by atoms with E-state index in [1.807, 2.05) is 24.3 Å². The fourth-order valence-corrected chi connectivity index (χ4v) is 2.36. The van der Waals surface area contributed by atoms with Crippen LogP contribution in [0.5, 0.6) is 0 Å². The summed E-state index contributed by atoms with van der Waals surface area (Å²) in [7, 11) is 1.64. The molecule has 0 bridgehead atoms. The van der Waals surface area contributed by atoms with E-state index in [2.05, 4.69) is 41.7 Å². The third-order valence-electron chi connectivity index (χ3n) is 3.63. The van der Waals surface area contributed by atoms with Gasteiger partial charge in [0.05, 0.1) is 0 Å². The zero-order valence-corrected chi connectivity index (χ0v) is 16.6. The number of nitrogens with zero attached hydrogens (tertiary/aromatic N) is 1. The lowest BCUT2D eigenvalue weighted by molar-refractivity contribution is 0.0963. The average molecular weight is 363 g/mol. The van der Waals surface area contributed by atoms with E-state index in [-0.39, 0.29) is 5.91 Å². The minimum absolute atomic E-state index is 0.0607. The Labute approximate surface area is 157 Å². The minimum Gasteiger partial charge on any atom is -0.381 e. The molecule has 0 atom stereocenters. The first-order chi connectivity index (χ1) is 12.6. The van der Waals surface area contributed by atoms with Crippen LogP contribution in [0.15, 0.2) is 29.3 Å². The second-order valence-electron chi connectivity index (χ2n) is 6.54. The third-order valence-corrected chi connectivity index (χ3v) is 3.63. The van der Waals surface area contributed by atoms with Crippen molar-refractivity contribution in [3.05, 3.63) is 35.4 Å².